The van der Waals surface area contributed by atoms with E-state index in [0.29, 0.717) is 10.7 Å². The Hall–Kier alpha value is -1.00. The van der Waals surface area contributed by atoms with Gasteiger partial charge in [-0.3, -0.25) is 0 Å². The Morgan fingerprint density at radius 1 is 1.60 bits per heavy atom. The van der Waals surface area contributed by atoms with Gasteiger partial charge in [-0.15, -0.1) is 0 Å². The van der Waals surface area contributed by atoms with Crippen LogP contribution in [0.5, 0.6) is 0 Å². The van der Waals surface area contributed by atoms with Gasteiger partial charge in [-0.2, -0.15) is 0 Å². The molecule has 15 heavy (non-hydrogen) atoms. The predicted octanol–water partition coefficient (Wildman–Crippen LogP) is 3.16. The molecule has 0 aliphatic rings. The molecule has 0 aliphatic carbocycles. The first-order valence-corrected chi connectivity index (χ1v) is 5.28. The molecule has 0 fully saturated rings. The standard InChI is InChI=1S/C10H9BrClNO2/c1-6(10(14)15)5-13-9-3-2-7(11)4-8(9)12/h2-4,13H,1,5H2,(H,14,15). The highest BCUT2D eigenvalue weighted by Gasteiger charge is 2.05. The number of aliphatic carboxylic acids is 1. The van der Waals surface area contributed by atoms with Crippen molar-refractivity contribution in [1.29, 1.82) is 0 Å². The van der Waals surface area contributed by atoms with E-state index in [9.17, 15) is 4.79 Å². The molecule has 0 atom stereocenters. The van der Waals surface area contributed by atoms with Gasteiger partial charge in [0.25, 0.3) is 0 Å². The van der Waals surface area contributed by atoms with Crippen LogP contribution in [-0.4, -0.2) is 17.6 Å². The van der Waals surface area contributed by atoms with Crippen LogP contribution in [0.2, 0.25) is 5.02 Å². The maximum atomic E-state index is 10.5. The summed E-state index contributed by atoms with van der Waals surface area (Å²) in [6, 6.07) is 5.31. The molecule has 0 aliphatic heterocycles. The van der Waals surface area contributed by atoms with Gasteiger partial charge >= 0.3 is 5.97 Å². The topological polar surface area (TPSA) is 49.3 Å². The minimum Gasteiger partial charge on any atom is -0.478 e. The quantitative estimate of drug-likeness (QED) is 0.838. The summed E-state index contributed by atoms with van der Waals surface area (Å²) >= 11 is 9.20. The lowest BCUT2D eigenvalue weighted by molar-refractivity contribution is -0.132. The second-order valence-electron chi connectivity index (χ2n) is 2.89. The molecular formula is C10H9BrClNO2. The van der Waals surface area contributed by atoms with Gasteiger partial charge in [-0.05, 0) is 18.2 Å². The fourth-order valence-corrected chi connectivity index (χ4v) is 1.65. The molecule has 3 nitrogen and oxygen atoms in total. The normalized spacial score (nSPS) is 9.73. The van der Waals surface area contributed by atoms with Crippen LogP contribution in [0.4, 0.5) is 5.69 Å². The number of benzene rings is 1. The number of carboxylic acid groups (broad SMARTS) is 1. The summed E-state index contributed by atoms with van der Waals surface area (Å²) in [5.41, 5.74) is 0.774. The highest BCUT2D eigenvalue weighted by atomic mass is 79.9. The smallest absolute Gasteiger partial charge is 0.332 e. The molecule has 2 N–H and O–H groups in total. The fourth-order valence-electron chi connectivity index (χ4n) is 0.910. The Morgan fingerprint density at radius 2 is 2.27 bits per heavy atom. The first-order valence-electron chi connectivity index (χ1n) is 4.10. The lowest BCUT2D eigenvalue weighted by Crippen LogP contribution is -2.11. The van der Waals surface area contributed by atoms with Crippen LogP contribution in [-0.2, 0) is 4.79 Å². The lowest BCUT2D eigenvalue weighted by Gasteiger charge is -2.08. The predicted molar refractivity (Wildman–Crippen MR) is 64.4 cm³/mol. The summed E-state index contributed by atoms with van der Waals surface area (Å²) in [6.45, 7) is 3.57. The van der Waals surface area contributed by atoms with Crippen molar-refractivity contribution in [2.45, 2.75) is 0 Å². The summed E-state index contributed by atoms with van der Waals surface area (Å²) < 4.78 is 0.870. The van der Waals surface area contributed by atoms with Crippen molar-refractivity contribution in [3.63, 3.8) is 0 Å². The summed E-state index contributed by atoms with van der Waals surface area (Å²) in [7, 11) is 0. The van der Waals surface area contributed by atoms with E-state index in [4.69, 9.17) is 16.7 Å². The first kappa shape index (κ1) is 12.1. The fraction of sp³-hybridized carbons (Fsp3) is 0.100. The van der Waals surface area contributed by atoms with Crippen molar-refractivity contribution in [3.05, 3.63) is 39.8 Å². The molecule has 1 rings (SSSR count). The molecule has 0 aromatic heterocycles. The molecule has 0 saturated carbocycles. The molecule has 0 bridgehead atoms. The summed E-state index contributed by atoms with van der Waals surface area (Å²) in [6.07, 6.45) is 0. The van der Waals surface area contributed by atoms with Crippen LogP contribution in [0, 0.1) is 0 Å². The van der Waals surface area contributed by atoms with Crippen LogP contribution in [0.1, 0.15) is 0 Å². The van der Waals surface area contributed by atoms with E-state index in [1.54, 1.807) is 12.1 Å². The maximum Gasteiger partial charge on any atom is 0.332 e. The van der Waals surface area contributed by atoms with E-state index < -0.39 is 5.97 Å². The number of halogens is 2. The molecule has 0 saturated heterocycles. The molecule has 0 heterocycles. The zero-order valence-corrected chi connectivity index (χ0v) is 10.1. The zero-order chi connectivity index (χ0) is 11.4. The Labute approximate surface area is 101 Å². The number of nitrogens with one attached hydrogen (secondary N) is 1. The average Bonchev–Trinajstić information content (AvgIpc) is 2.15. The van der Waals surface area contributed by atoms with E-state index in [0.717, 1.165) is 4.47 Å². The van der Waals surface area contributed by atoms with E-state index in [-0.39, 0.29) is 12.1 Å². The van der Waals surface area contributed by atoms with Crippen molar-refractivity contribution in [2.24, 2.45) is 0 Å². The minimum absolute atomic E-state index is 0.0917. The first-order chi connectivity index (χ1) is 7.00. The highest BCUT2D eigenvalue weighted by molar-refractivity contribution is 9.10. The SMILES string of the molecule is C=C(CNc1ccc(Br)cc1Cl)C(=O)O. The van der Waals surface area contributed by atoms with Crippen molar-refractivity contribution >= 4 is 39.2 Å². The van der Waals surface area contributed by atoms with Gasteiger partial charge in [-0.25, -0.2) is 4.79 Å². The van der Waals surface area contributed by atoms with Gasteiger partial charge in [0.2, 0.25) is 0 Å². The summed E-state index contributed by atoms with van der Waals surface area (Å²) in [5.74, 6) is -1.02. The van der Waals surface area contributed by atoms with Crippen LogP contribution in [0.3, 0.4) is 0 Å². The van der Waals surface area contributed by atoms with E-state index >= 15 is 0 Å². The molecule has 0 amide bonds. The Bertz CT molecular complexity index is 406. The largest absolute Gasteiger partial charge is 0.478 e. The van der Waals surface area contributed by atoms with Crippen molar-refractivity contribution in [2.75, 3.05) is 11.9 Å². The van der Waals surface area contributed by atoms with Gasteiger partial charge in [0.1, 0.15) is 0 Å². The minimum atomic E-state index is -1.02. The second-order valence-corrected chi connectivity index (χ2v) is 4.21. The number of rotatable bonds is 4. The third-order valence-electron chi connectivity index (χ3n) is 1.73. The van der Waals surface area contributed by atoms with Crippen molar-refractivity contribution in [3.8, 4) is 0 Å². The number of hydrogen-bond donors (Lipinski definition) is 2. The van der Waals surface area contributed by atoms with Crippen LogP contribution >= 0.6 is 27.5 Å². The third-order valence-corrected chi connectivity index (χ3v) is 2.53. The number of carboxylic acids is 1. The van der Waals surface area contributed by atoms with Gasteiger partial charge in [0.05, 0.1) is 10.7 Å². The lowest BCUT2D eigenvalue weighted by atomic mass is 10.2. The zero-order valence-electron chi connectivity index (χ0n) is 7.76. The van der Waals surface area contributed by atoms with Gasteiger partial charge in [0.15, 0.2) is 0 Å². The third kappa shape index (κ3) is 3.57. The van der Waals surface area contributed by atoms with Crippen LogP contribution < -0.4 is 5.32 Å². The van der Waals surface area contributed by atoms with Crippen LogP contribution in [0.15, 0.2) is 34.8 Å². The molecule has 5 heteroatoms. The Morgan fingerprint density at radius 3 is 2.80 bits per heavy atom. The summed E-state index contributed by atoms with van der Waals surface area (Å²) in [4.78, 5) is 10.5. The molecular weight excluding hydrogens is 281 g/mol. The average molecular weight is 291 g/mol. The number of hydrogen-bond acceptors (Lipinski definition) is 2. The molecule has 0 spiro atoms. The maximum absolute atomic E-state index is 10.5. The van der Waals surface area contributed by atoms with Crippen LogP contribution in [0.25, 0.3) is 0 Å². The summed E-state index contributed by atoms with van der Waals surface area (Å²) in [5, 5.41) is 12.0. The van der Waals surface area contributed by atoms with Crippen molar-refractivity contribution in [1.82, 2.24) is 0 Å². The Kier molecular flexibility index (Phi) is 4.17. The molecule has 0 radical (unpaired) electrons. The van der Waals surface area contributed by atoms with E-state index in [1.165, 1.54) is 0 Å². The second kappa shape index (κ2) is 5.19. The van der Waals surface area contributed by atoms with E-state index in [1.807, 2.05) is 6.07 Å². The number of anilines is 1. The van der Waals surface area contributed by atoms with Crippen molar-refractivity contribution < 1.29 is 9.90 Å². The highest BCUT2D eigenvalue weighted by Crippen LogP contribution is 2.25. The van der Waals surface area contributed by atoms with E-state index in [2.05, 4.69) is 27.8 Å². The van der Waals surface area contributed by atoms with Gasteiger partial charge in [-0.1, -0.05) is 34.1 Å². The molecule has 1 aromatic rings. The molecule has 0 unspecified atom stereocenters. The molecule has 1 aromatic carbocycles. The van der Waals surface area contributed by atoms with Gasteiger partial charge in [0, 0.05) is 16.6 Å². The molecule has 80 valence electrons. The van der Waals surface area contributed by atoms with Gasteiger partial charge < -0.3 is 10.4 Å². The monoisotopic (exact) mass is 289 g/mol. The number of carbonyl (C=O) groups is 1. The Balaban J connectivity index is 2.66.